The van der Waals surface area contributed by atoms with E-state index in [2.05, 4.69) is 10.6 Å². The summed E-state index contributed by atoms with van der Waals surface area (Å²) in [5, 5.41) is 5.71. The molecule has 150 valence electrons. The summed E-state index contributed by atoms with van der Waals surface area (Å²) in [6.45, 7) is 0.922. The van der Waals surface area contributed by atoms with Gasteiger partial charge in [-0.25, -0.2) is 4.39 Å². The number of rotatable bonds is 5. The lowest BCUT2D eigenvalue weighted by molar-refractivity contribution is -0.136. The average Bonchev–Trinajstić information content (AvgIpc) is 3.22. The molecule has 3 amide bonds. The number of hydrogen-bond acceptors (Lipinski definition) is 5. The number of hydrogen-bond donors (Lipinski definition) is 3. The Morgan fingerprint density at radius 1 is 1.29 bits per heavy atom. The van der Waals surface area contributed by atoms with E-state index in [1.807, 2.05) is 12.1 Å². The maximum atomic E-state index is 14.3. The van der Waals surface area contributed by atoms with Crippen molar-refractivity contribution in [2.45, 2.75) is 62.9 Å². The van der Waals surface area contributed by atoms with Crippen LogP contribution in [0.1, 0.15) is 53.6 Å². The number of imide groups is 1. The topological polar surface area (TPSA) is 105 Å². The summed E-state index contributed by atoms with van der Waals surface area (Å²) >= 11 is 0. The summed E-state index contributed by atoms with van der Waals surface area (Å²) < 4.78 is 14.3. The molecule has 1 saturated carbocycles. The molecule has 1 saturated heterocycles. The lowest BCUT2D eigenvalue weighted by Crippen LogP contribution is -2.52. The number of nitrogens with zero attached hydrogens (tertiary/aromatic N) is 1. The predicted molar refractivity (Wildman–Crippen MR) is 99.9 cm³/mol. The Bertz CT molecular complexity index is 830. The molecule has 0 aromatic heterocycles. The smallest absolute Gasteiger partial charge is 0.255 e. The van der Waals surface area contributed by atoms with Crippen molar-refractivity contribution in [1.29, 1.82) is 0 Å². The molecule has 2 aliphatic heterocycles. The van der Waals surface area contributed by atoms with Gasteiger partial charge in [-0.05, 0) is 42.9 Å². The molecule has 0 spiro atoms. The number of carbonyl (C=O) groups excluding carboxylic acids is 3. The van der Waals surface area contributed by atoms with Crippen LogP contribution in [0.3, 0.4) is 0 Å². The molecule has 8 heteroatoms. The van der Waals surface area contributed by atoms with Crippen molar-refractivity contribution in [3.05, 3.63) is 34.9 Å². The molecular weight excluding hydrogens is 363 g/mol. The summed E-state index contributed by atoms with van der Waals surface area (Å²) in [7, 11) is 0. The monoisotopic (exact) mass is 388 g/mol. The van der Waals surface area contributed by atoms with E-state index < -0.39 is 17.6 Å². The van der Waals surface area contributed by atoms with Crippen LogP contribution >= 0.6 is 0 Å². The van der Waals surface area contributed by atoms with Gasteiger partial charge >= 0.3 is 0 Å². The molecule has 2 heterocycles. The molecule has 1 aliphatic carbocycles. The standard InChI is InChI=1S/C20H25FN4O3/c21-20(11-22)7-6-13(8-20)23-9-12-2-1-3-14-15(12)10-25(19(14)28)16-4-5-17(26)24-18(16)27/h1-3,13,16,23H,4-11,22H2,(H,24,26,27)/t13-,16?,20+/m0/s1. The molecule has 4 rings (SSSR count). The Morgan fingerprint density at radius 3 is 2.82 bits per heavy atom. The number of halogens is 1. The van der Waals surface area contributed by atoms with E-state index >= 15 is 0 Å². The van der Waals surface area contributed by atoms with Crippen molar-refractivity contribution in [3.63, 3.8) is 0 Å². The molecular formula is C20H25FN4O3. The molecule has 0 radical (unpaired) electrons. The van der Waals surface area contributed by atoms with Gasteiger partial charge < -0.3 is 16.0 Å². The minimum Gasteiger partial charge on any atom is -0.328 e. The predicted octanol–water partition coefficient (Wildman–Crippen LogP) is 0.757. The normalized spacial score (nSPS) is 29.9. The highest BCUT2D eigenvalue weighted by Gasteiger charge is 2.40. The Morgan fingerprint density at radius 2 is 2.11 bits per heavy atom. The first-order valence-electron chi connectivity index (χ1n) is 9.78. The van der Waals surface area contributed by atoms with E-state index in [-0.39, 0.29) is 30.8 Å². The second kappa shape index (κ2) is 7.25. The highest BCUT2D eigenvalue weighted by molar-refractivity contribution is 6.05. The number of alkyl halides is 1. The molecule has 28 heavy (non-hydrogen) atoms. The van der Waals surface area contributed by atoms with Gasteiger partial charge in [0.2, 0.25) is 11.8 Å². The fourth-order valence-corrected chi connectivity index (χ4v) is 4.51. The van der Waals surface area contributed by atoms with E-state index in [1.165, 1.54) is 0 Å². The molecule has 1 aromatic carbocycles. The van der Waals surface area contributed by atoms with Gasteiger partial charge in [-0.2, -0.15) is 0 Å². The number of benzene rings is 1. The minimum absolute atomic E-state index is 0.0430. The third-order valence-corrected chi connectivity index (χ3v) is 6.18. The maximum absolute atomic E-state index is 14.3. The van der Waals surface area contributed by atoms with Crippen LogP contribution in [0.5, 0.6) is 0 Å². The first kappa shape index (κ1) is 19.0. The van der Waals surface area contributed by atoms with Gasteiger partial charge in [0, 0.05) is 37.7 Å². The molecule has 3 aliphatic rings. The van der Waals surface area contributed by atoms with Crippen molar-refractivity contribution in [2.24, 2.45) is 5.73 Å². The first-order chi connectivity index (χ1) is 13.4. The van der Waals surface area contributed by atoms with Crippen molar-refractivity contribution >= 4 is 17.7 Å². The second-order valence-corrected chi connectivity index (χ2v) is 8.02. The van der Waals surface area contributed by atoms with Crippen molar-refractivity contribution < 1.29 is 18.8 Å². The van der Waals surface area contributed by atoms with Crippen LogP contribution in [-0.4, -0.2) is 46.9 Å². The van der Waals surface area contributed by atoms with Gasteiger partial charge in [0.1, 0.15) is 11.7 Å². The molecule has 1 unspecified atom stereocenters. The Hall–Kier alpha value is -2.32. The van der Waals surface area contributed by atoms with E-state index in [0.717, 1.165) is 17.5 Å². The molecule has 2 fully saturated rings. The zero-order valence-electron chi connectivity index (χ0n) is 15.7. The molecule has 7 nitrogen and oxygen atoms in total. The minimum atomic E-state index is -1.28. The number of nitrogens with one attached hydrogen (secondary N) is 2. The van der Waals surface area contributed by atoms with Gasteiger partial charge in [0.05, 0.1) is 0 Å². The molecule has 3 atom stereocenters. The third-order valence-electron chi connectivity index (χ3n) is 6.18. The summed E-state index contributed by atoms with van der Waals surface area (Å²) in [5.74, 6) is -0.893. The zero-order valence-corrected chi connectivity index (χ0v) is 15.7. The quantitative estimate of drug-likeness (QED) is 0.646. The van der Waals surface area contributed by atoms with Crippen LogP contribution in [0.2, 0.25) is 0 Å². The largest absolute Gasteiger partial charge is 0.328 e. The molecule has 4 N–H and O–H groups in total. The van der Waals surface area contributed by atoms with Gasteiger partial charge in [0.15, 0.2) is 0 Å². The number of piperidine rings is 1. The van der Waals surface area contributed by atoms with Crippen LogP contribution in [0, 0.1) is 0 Å². The van der Waals surface area contributed by atoms with Gasteiger partial charge in [0.25, 0.3) is 5.91 Å². The molecule has 0 bridgehead atoms. The zero-order chi connectivity index (χ0) is 19.9. The third kappa shape index (κ3) is 3.42. The van der Waals surface area contributed by atoms with Crippen LogP contribution < -0.4 is 16.4 Å². The number of amides is 3. The van der Waals surface area contributed by atoms with E-state index in [4.69, 9.17) is 5.73 Å². The van der Waals surface area contributed by atoms with Crippen LogP contribution in [0.15, 0.2) is 18.2 Å². The van der Waals surface area contributed by atoms with Gasteiger partial charge in [-0.1, -0.05) is 12.1 Å². The Balaban J connectivity index is 1.46. The van der Waals surface area contributed by atoms with E-state index in [1.54, 1.807) is 11.0 Å². The fourth-order valence-electron chi connectivity index (χ4n) is 4.51. The SMILES string of the molecule is NC[C@@]1(F)CC[C@H](NCc2cccc3c2CN(C2CCC(=O)NC2=O)C3=O)C1. The fraction of sp³-hybridized carbons (Fsp3) is 0.550. The van der Waals surface area contributed by atoms with Gasteiger partial charge in [-0.15, -0.1) is 0 Å². The van der Waals surface area contributed by atoms with E-state index in [9.17, 15) is 18.8 Å². The maximum Gasteiger partial charge on any atom is 0.255 e. The summed E-state index contributed by atoms with van der Waals surface area (Å²) in [6.07, 6.45) is 2.19. The lowest BCUT2D eigenvalue weighted by atomic mass is 10.0. The first-order valence-corrected chi connectivity index (χ1v) is 9.78. The number of carbonyl (C=O) groups is 3. The summed E-state index contributed by atoms with van der Waals surface area (Å²) in [6, 6.07) is 4.99. The van der Waals surface area contributed by atoms with Crippen molar-refractivity contribution in [2.75, 3.05) is 6.54 Å². The number of fused-ring (bicyclic) bond motifs is 1. The van der Waals surface area contributed by atoms with Gasteiger partial charge in [-0.3, -0.25) is 19.7 Å². The van der Waals surface area contributed by atoms with Crippen molar-refractivity contribution in [1.82, 2.24) is 15.5 Å². The van der Waals surface area contributed by atoms with Crippen LogP contribution in [-0.2, 0) is 22.7 Å². The number of nitrogens with two attached hydrogens (primary N) is 1. The Labute approximate surface area is 162 Å². The summed E-state index contributed by atoms with van der Waals surface area (Å²) in [4.78, 5) is 38.0. The highest BCUT2D eigenvalue weighted by atomic mass is 19.1. The highest BCUT2D eigenvalue weighted by Crippen LogP contribution is 2.34. The summed E-state index contributed by atoms with van der Waals surface area (Å²) in [5.41, 5.74) is 6.72. The van der Waals surface area contributed by atoms with Crippen LogP contribution in [0.4, 0.5) is 4.39 Å². The van der Waals surface area contributed by atoms with Crippen LogP contribution in [0.25, 0.3) is 0 Å². The lowest BCUT2D eigenvalue weighted by Gasteiger charge is -2.29. The van der Waals surface area contributed by atoms with E-state index in [0.29, 0.717) is 37.9 Å². The second-order valence-electron chi connectivity index (χ2n) is 8.02. The average molecular weight is 388 g/mol. The molecule has 1 aromatic rings. The Kier molecular flexibility index (Phi) is 4.93. The van der Waals surface area contributed by atoms with Crippen molar-refractivity contribution in [3.8, 4) is 0 Å².